The smallest absolute Gasteiger partial charge is 0.107 e. The number of allylic oxidation sites excluding steroid dienone is 1. The van der Waals surface area contributed by atoms with Crippen molar-refractivity contribution in [2.45, 2.75) is 19.8 Å². The van der Waals surface area contributed by atoms with E-state index in [0.717, 1.165) is 23.3 Å². The Morgan fingerprint density at radius 1 is 1.17 bits per heavy atom. The van der Waals surface area contributed by atoms with Crippen LogP contribution in [0.3, 0.4) is 0 Å². The van der Waals surface area contributed by atoms with Crippen LogP contribution in [0, 0.1) is 0 Å². The molecule has 2 aromatic rings. The monoisotopic (exact) mass is 237 g/mol. The van der Waals surface area contributed by atoms with Crippen LogP contribution in [0.2, 0.25) is 0 Å². The Bertz CT molecular complexity index is 611. The van der Waals surface area contributed by atoms with Crippen molar-refractivity contribution < 1.29 is 5.11 Å². The van der Waals surface area contributed by atoms with Crippen LogP contribution in [0.25, 0.3) is 5.57 Å². The summed E-state index contributed by atoms with van der Waals surface area (Å²) in [5.74, 6) is 0.424. The second kappa shape index (κ2) is 4.30. The van der Waals surface area contributed by atoms with Crippen LogP contribution in [-0.4, -0.2) is 10.1 Å². The van der Waals surface area contributed by atoms with Gasteiger partial charge in [-0.05, 0) is 29.2 Å². The lowest BCUT2D eigenvalue weighted by Gasteiger charge is -2.06. The van der Waals surface area contributed by atoms with Crippen molar-refractivity contribution in [3.63, 3.8) is 0 Å². The lowest BCUT2D eigenvalue weighted by atomic mass is 10.0. The molecule has 90 valence electrons. The number of aliphatic hydroxyl groups excluding tert-OH is 1. The zero-order chi connectivity index (χ0) is 12.5. The highest BCUT2D eigenvalue weighted by molar-refractivity contribution is 5.84. The Labute approximate surface area is 107 Å². The number of fused-ring (bicyclic) bond motifs is 1. The molecule has 0 bridgehead atoms. The van der Waals surface area contributed by atoms with Gasteiger partial charge in [0.05, 0.1) is 5.69 Å². The number of hydrogen-bond donors (Lipinski definition) is 1. The van der Waals surface area contributed by atoms with Gasteiger partial charge in [-0.3, -0.25) is 4.98 Å². The molecule has 0 aliphatic heterocycles. The molecule has 0 saturated carbocycles. The van der Waals surface area contributed by atoms with Crippen LogP contribution < -0.4 is 0 Å². The zero-order valence-electron chi connectivity index (χ0n) is 10.4. The van der Waals surface area contributed by atoms with Gasteiger partial charge in [-0.2, -0.15) is 0 Å². The van der Waals surface area contributed by atoms with Crippen LogP contribution in [0.1, 0.15) is 29.3 Å². The Morgan fingerprint density at radius 3 is 2.72 bits per heavy atom. The Hall–Kier alpha value is -2.09. The van der Waals surface area contributed by atoms with Crippen molar-refractivity contribution in [3.05, 3.63) is 70.7 Å². The maximum Gasteiger partial charge on any atom is 0.107 e. The molecule has 0 saturated heterocycles. The second-order valence-corrected chi connectivity index (χ2v) is 4.56. The second-order valence-electron chi connectivity index (χ2n) is 4.56. The predicted molar refractivity (Wildman–Crippen MR) is 72.4 cm³/mol. The van der Waals surface area contributed by atoms with Crippen molar-refractivity contribution in [1.82, 2.24) is 4.98 Å². The normalized spacial score (nSPS) is 13.8. The van der Waals surface area contributed by atoms with Gasteiger partial charge in [-0.25, -0.2) is 0 Å². The number of hydrogen-bond acceptors (Lipinski definition) is 2. The van der Waals surface area contributed by atoms with Gasteiger partial charge in [0.25, 0.3) is 0 Å². The number of benzene rings is 1. The molecule has 0 radical (unpaired) electrons. The summed E-state index contributed by atoms with van der Waals surface area (Å²) < 4.78 is 0. The summed E-state index contributed by atoms with van der Waals surface area (Å²) in [5, 5.41) is 10.1. The molecule has 1 heterocycles. The molecular formula is C16H15NO. The van der Waals surface area contributed by atoms with Crippen LogP contribution in [-0.2, 0) is 12.8 Å². The average Bonchev–Trinajstić information content (AvgIpc) is 2.75. The summed E-state index contributed by atoms with van der Waals surface area (Å²) in [7, 11) is 0. The molecule has 1 aliphatic rings. The maximum atomic E-state index is 10.1. The molecule has 0 amide bonds. The zero-order valence-corrected chi connectivity index (χ0v) is 10.4. The summed E-state index contributed by atoms with van der Waals surface area (Å²) in [4.78, 5) is 4.46. The summed E-state index contributed by atoms with van der Waals surface area (Å²) in [5.41, 5.74) is 5.23. The van der Waals surface area contributed by atoms with Crippen LogP contribution in [0.4, 0.5) is 0 Å². The Balaban J connectivity index is 2.08. The fourth-order valence-electron chi connectivity index (χ4n) is 2.41. The van der Waals surface area contributed by atoms with Crippen LogP contribution in [0.15, 0.2) is 48.4 Å². The maximum absolute atomic E-state index is 10.1. The highest BCUT2D eigenvalue weighted by Crippen LogP contribution is 2.35. The highest BCUT2D eigenvalue weighted by Gasteiger charge is 2.22. The quantitative estimate of drug-likeness (QED) is 0.867. The molecular weight excluding hydrogens is 222 g/mol. The van der Waals surface area contributed by atoms with Crippen molar-refractivity contribution in [3.8, 4) is 0 Å². The number of aromatic nitrogens is 1. The first-order valence-electron chi connectivity index (χ1n) is 6.25. The fraction of sp³-hybridized carbons (Fsp3) is 0.188. The topological polar surface area (TPSA) is 33.1 Å². The number of pyridine rings is 1. The lowest BCUT2D eigenvalue weighted by molar-refractivity contribution is 0.405. The minimum absolute atomic E-state index is 0.424. The van der Waals surface area contributed by atoms with E-state index >= 15 is 0 Å². The van der Waals surface area contributed by atoms with Gasteiger partial charge < -0.3 is 5.11 Å². The van der Waals surface area contributed by atoms with E-state index in [4.69, 9.17) is 0 Å². The molecule has 0 fully saturated rings. The third kappa shape index (κ3) is 1.70. The van der Waals surface area contributed by atoms with E-state index in [1.54, 1.807) is 0 Å². The molecule has 0 unspecified atom stereocenters. The van der Waals surface area contributed by atoms with Gasteiger partial charge in [-0.1, -0.05) is 37.3 Å². The van der Waals surface area contributed by atoms with Gasteiger partial charge >= 0.3 is 0 Å². The van der Waals surface area contributed by atoms with Crippen molar-refractivity contribution in [1.29, 1.82) is 0 Å². The molecule has 3 rings (SSSR count). The summed E-state index contributed by atoms with van der Waals surface area (Å²) in [6.45, 7) is 2.11. The molecule has 2 nitrogen and oxygen atoms in total. The number of aryl methyl sites for hydroxylation is 1. The highest BCUT2D eigenvalue weighted by atomic mass is 16.3. The summed E-state index contributed by atoms with van der Waals surface area (Å²) in [6, 6.07) is 12.2. The Kier molecular flexibility index (Phi) is 2.63. The molecule has 18 heavy (non-hydrogen) atoms. The van der Waals surface area contributed by atoms with E-state index < -0.39 is 0 Å². The fourth-order valence-corrected chi connectivity index (χ4v) is 2.41. The van der Waals surface area contributed by atoms with Crippen molar-refractivity contribution >= 4 is 5.57 Å². The third-order valence-electron chi connectivity index (χ3n) is 3.42. The molecule has 0 spiro atoms. The van der Waals surface area contributed by atoms with Gasteiger partial charge in [0.1, 0.15) is 5.76 Å². The van der Waals surface area contributed by atoms with Gasteiger partial charge in [0, 0.05) is 18.2 Å². The minimum Gasteiger partial charge on any atom is -0.511 e. The van der Waals surface area contributed by atoms with E-state index in [9.17, 15) is 5.11 Å². The van der Waals surface area contributed by atoms with Crippen molar-refractivity contribution in [2.75, 3.05) is 0 Å². The Morgan fingerprint density at radius 2 is 2.00 bits per heavy atom. The van der Waals surface area contributed by atoms with Gasteiger partial charge in [0.2, 0.25) is 0 Å². The van der Waals surface area contributed by atoms with Crippen molar-refractivity contribution in [2.24, 2.45) is 0 Å². The molecule has 1 aliphatic carbocycles. The van der Waals surface area contributed by atoms with Crippen LogP contribution in [0.5, 0.6) is 0 Å². The molecule has 0 atom stereocenters. The van der Waals surface area contributed by atoms with Gasteiger partial charge in [-0.15, -0.1) is 0 Å². The summed E-state index contributed by atoms with van der Waals surface area (Å²) in [6.07, 6.45) is 3.48. The number of rotatable bonds is 2. The summed E-state index contributed by atoms with van der Waals surface area (Å²) >= 11 is 0. The van der Waals surface area contributed by atoms with Crippen LogP contribution >= 0.6 is 0 Å². The predicted octanol–water partition coefficient (Wildman–Crippen LogP) is 3.52. The van der Waals surface area contributed by atoms with E-state index in [1.165, 1.54) is 11.1 Å². The lowest BCUT2D eigenvalue weighted by Crippen LogP contribution is -1.93. The van der Waals surface area contributed by atoms with E-state index in [1.807, 2.05) is 30.5 Å². The third-order valence-corrected chi connectivity index (χ3v) is 3.42. The SMILES string of the molecule is CCc1ccc(C2=C(O)Cc3ccccc32)nc1. The first-order chi connectivity index (χ1) is 8.79. The molecule has 2 heteroatoms. The molecule has 1 N–H and O–H groups in total. The van der Waals surface area contributed by atoms with Gasteiger partial charge in [0.15, 0.2) is 0 Å². The standard InChI is InChI=1S/C16H15NO/c1-2-11-7-8-14(17-10-11)16-13-6-4-3-5-12(13)9-15(16)18/h3-8,10,18H,2,9H2,1H3. The van der Waals surface area contributed by atoms with E-state index in [2.05, 4.69) is 24.0 Å². The molecule has 1 aromatic heterocycles. The minimum atomic E-state index is 0.424. The van der Waals surface area contributed by atoms with E-state index in [-0.39, 0.29) is 0 Å². The average molecular weight is 237 g/mol. The number of aliphatic hydroxyl groups is 1. The first-order valence-corrected chi connectivity index (χ1v) is 6.25. The van der Waals surface area contributed by atoms with E-state index in [0.29, 0.717) is 12.2 Å². The largest absolute Gasteiger partial charge is 0.511 e. The molecule has 1 aromatic carbocycles. The first kappa shape index (κ1) is 11.0. The number of nitrogens with zero attached hydrogens (tertiary/aromatic N) is 1.